The van der Waals surface area contributed by atoms with Crippen LogP contribution >= 0.6 is 0 Å². The third-order valence-electron chi connectivity index (χ3n) is 2.66. The Morgan fingerprint density at radius 1 is 1.06 bits per heavy atom. The summed E-state index contributed by atoms with van der Waals surface area (Å²) < 4.78 is 5.56. The van der Waals surface area contributed by atoms with Crippen molar-refractivity contribution >= 4 is 0 Å². The number of hydrogen-bond donors (Lipinski definition) is 1. The second-order valence-corrected chi connectivity index (χ2v) is 4.07. The molecule has 1 heterocycles. The van der Waals surface area contributed by atoms with Crippen LogP contribution < -0.4 is 4.74 Å². The summed E-state index contributed by atoms with van der Waals surface area (Å²) in [5, 5.41) is 9.90. The Morgan fingerprint density at radius 2 is 1.83 bits per heavy atom. The molecule has 3 nitrogen and oxygen atoms in total. The maximum atomic E-state index is 9.90. The van der Waals surface area contributed by atoms with Crippen LogP contribution in [0.25, 0.3) is 0 Å². The van der Waals surface area contributed by atoms with Crippen LogP contribution in [0.2, 0.25) is 0 Å². The number of nitrogens with zero attached hydrogens (tertiary/aromatic N) is 1. The minimum Gasteiger partial charge on any atom is -0.494 e. The van der Waals surface area contributed by atoms with Gasteiger partial charge in [-0.1, -0.05) is 24.3 Å². The van der Waals surface area contributed by atoms with Crippen LogP contribution in [0.4, 0.5) is 0 Å². The number of pyridine rings is 1. The molecule has 0 spiro atoms. The molecular weight excluding hydrogens is 226 g/mol. The fraction of sp³-hybridized carbons (Fsp3) is 0.267. The molecule has 1 atom stereocenters. The molecule has 2 rings (SSSR count). The second-order valence-electron chi connectivity index (χ2n) is 4.07. The zero-order chi connectivity index (χ0) is 12.6. The van der Waals surface area contributed by atoms with Crippen LogP contribution in [-0.2, 0) is 0 Å². The zero-order valence-electron chi connectivity index (χ0n) is 10.2. The number of aromatic nitrogens is 1. The number of aliphatic hydroxyl groups is 1. The molecule has 1 N–H and O–H groups in total. The normalized spacial score (nSPS) is 12.1. The molecule has 0 saturated carbocycles. The monoisotopic (exact) mass is 243 g/mol. The lowest BCUT2D eigenvalue weighted by atomic mass is 10.1. The van der Waals surface area contributed by atoms with Crippen LogP contribution in [0.5, 0.6) is 5.75 Å². The first-order chi connectivity index (χ1) is 8.86. The van der Waals surface area contributed by atoms with Gasteiger partial charge in [0, 0.05) is 6.20 Å². The Hall–Kier alpha value is -1.87. The van der Waals surface area contributed by atoms with E-state index in [-0.39, 0.29) is 0 Å². The van der Waals surface area contributed by atoms with Crippen LogP contribution in [0, 0.1) is 0 Å². The molecule has 1 aromatic carbocycles. The van der Waals surface area contributed by atoms with Crippen LogP contribution in [0.15, 0.2) is 54.7 Å². The number of ether oxygens (including phenoxy) is 1. The Labute approximate surface area is 107 Å². The van der Waals surface area contributed by atoms with E-state index in [1.807, 2.05) is 48.5 Å². The highest BCUT2D eigenvalue weighted by Crippen LogP contribution is 2.16. The predicted molar refractivity (Wildman–Crippen MR) is 70.4 cm³/mol. The first kappa shape index (κ1) is 12.6. The third kappa shape index (κ3) is 3.86. The molecule has 0 saturated heterocycles. The lowest BCUT2D eigenvalue weighted by molar-refractivity contribution is 0.150. The maximum Gasteiger partial charge on any atom is 0.119 e. The molecule has 0 amide bonds. The summed E-state index contributed by atoms with van der Waals surface area (Å²) in [6.07, 6.45) is 2.64. The number of rotatable bonds is 6. The highest BCUT2D eigenvalue weighted by Gasteiger charge is 2.07. The zero-order valence-corrected chi connectivity index (χ0v) is 10.2. The number of benzene rings is 1. The molecule has 0 fully saturated rings. The summed E-state index contributed by atoms with van der Waals surface area (Å²) in [5.41, 5.74) is 0.720. The van der Waals surface area contributed by atoms with Crippen LogP contribution in [0.3, 0.4) is 0 Å². The van der Waals surface area contributed by atoms with E-state index in [4.69, 9.17) is 4.74 Å². The highest BCUT2D eigenvalue weighted by atomic mass is 16.5. The van der Waals surface area contributed by atoms with Crippen molar-refractivity contribution in [1.29, 1.82) is 0 Å². The topological polar surface area (TPSA) is 42.4 Å². The number of hydrogen-bond acceptors (Lipinski definition) is 3. The second kappa shape index (κ2) is 6.77. The molecular formula is C15H17NO2. The fourth-order valence-electron chi connectivity index (χ4n) is 1.70. The van der Waals surface area contributed by atoms with E-state index in [2.05, 4.69) is 4.98 Å². The van der Waals surface area contributed by atoms with Gasteiger partial charge in [-0.15, -0.1) is 0 Å². The molecule has 0 aliphatic rings. The van der Waals surface area contributed by atoms with Gasteiger partial charge in [0.05, 0.1) is 18.4 Å². The summed E-state index contributed by atoms with van der Waals surface area (Å²) in [6.45, 7) is 0.605. The summed E-state index contributed by atoms with van der Waals surface area (Å²) in [4.78, 5) is 4.12. The molecule has 0 aliphatic carbocycles. The Bertz CT molecular complexity index is 445. The van der Waals surface area contributed by atoms with Gasteiger partial charge in [0.15, 0.2) is 0 Å². The smallest absolute Gasteiger partial charge is 0.119 e. The van der Waals surface area contributed by atoms with Crippen molar-refractivity contribution in [3.05, 3.63) is 60.4 Å². The molecule has 1 aromatic heterocycles. The van der Waals surface area contributed by atoms with Gasteiger partial charge in [0.25, 0.3) is 0 Å². The average Bonchev–Trinajstić information content (AvgIpc) is 2.45. The molecule has 1 unspecified atom stereocenters. The third-order valence-corrected chi connectivity index (χ3v) is 2.66. The quantitative estimate of drug-likeness (QED) is 0.793. The number of aliphatic hydroxyl groups excluding tert-OH is 1. The maximum absolute atomic E-state index is 9.90. The first-order valence-electron chi connectivity index (χ1n) is 6.13. The molecule has 18 heavy (non-hydrogen) atoms. The van der Waals surface area contributed by atoms with Crippen molar-refractivity contribution in [2.75, 3.05) is 6.61 Å². The van der Waals surface area contributed by atoms with Gasteiger partial charge in [0.2, 0.25) is 0 Å². The van der Waals surface area contributed by atoms with Crippen molar-refractivity contribution in [3.63, 3.8) is 0 Å². The van der Waals surface area contributed by atoms with Crippen molar-refractivity contribution in [2.24, 2.45) is 0 Å². The van der Waals surface area contributed by atoms with E-state index in [1.54, 1.807) is 6.20 Å². The molecule has 0 radical (unpaired) electrons. The summed E-state index contributed by atoms with van der Waals surface area (Å²) in [6, 6.07) is 15.3. The Morgan fingerprint density at radius 3 is 2.56 bits per heavy atom. The minimum absolute atomic E-state index is 0.509. The SMILES string of the molecule is OC(CCCOc1ccccc1)c1ccccn1. The summed E-state index contributed by atoms with van der Waals surface area (Å²) in [7, 11) is 0. The largest absolute Gasteiger partial charge is 0.494 e. The number of para-hydroxylation sites is 1. The predicted octanol–water partition coefficient (Wildman–Crippen LogP) is 2.97. The van der Waals surface area contributed by atoms with Gasteiger partial charge in [-0.05, 0) is 37.1 Å². The molecule has 0 aliphatic heterocycles. The fourth-order valence-corrected chi connectivity index (χ4v) is 1.70. The Kier molecular flexibility index (Phi) is 4.73. The molecule has 0 bridgehead atoms. The van der Waals surface area contributed by atoms with E-state index in [0.29, 0.717) is 13.0 Å². The lowest BCUT2D eigenvalue weighted by Crippen LogP contribution is -2.04. The van der Waals surface area contributed by atoms with E-state index in [1.165, 1.54) is 0 Å². The van der Waals surface area contributed by atoms with Gasteiger partial charge in [-0.2, -0.15) is 0 Å². The van der Waals surface area contributed by atoms with Crippen LogP contribution in [-0.4, -0.2) is 16.7 Å². The van der Waals surface area contributed by atoms with Gasteiger partial charge in [0.1, 0.15) is 5.75 Å². The van der Waals surface area contributed by atoms with Crippen molar-refractivity contribution in [2.45, 2.75) is 18.9 Å². The van der Waals surface area contributed by atoms with E-state index >= 15 is 0 Å². The average molecular weight is 243 g/mol. The van der Waals surface area contributed by atoms with E-state index in [0.717, 1.165) is 17.9 Å². The van der Waals surface area contributed by atoms with Crippen molar-refractivity contribution in [1.82, 2.24) is 4.98 Å². The Balaban J connectivity index is 1.70. The summed E-state index contributed by atoms with van der Waals surface area (Å²) in [5.74, 6) is 0.866. The van der Waals surface area contributed by atoms with Crippen LogP contribution in [0.1, 0.15) is 24.6 Å². The van der Waals surface area contributed by atoms with Crippen molar-refractivity contribution in [3.8, 4) is 5.75 Å². The minimum atomic E-state index is -0.509. The molecule has 3 heteroatoms. The highest BCUT2D eigenvalue weighted by molar-refractivity contribution is 5.20. The van der Waals surface area contributed by atoms with Gasteiger partial charge in [-0.25, -0.2) is 0 Å². The molecule has 2 aromatic rings. The van der Waals surface area contributed by atoms with Gasteiger partial charge >= 0.3 is 0 Å². The summed E-state index contributed by atoms with van der Waals surface area (Å²) >= 11 is 0. The standard InChI is InChI=1S/C15H17NO2/c17-15(14-9-4-5-11-16-14)10-6-12-18-13-7-2-1-3-8-13/h1-5,7-9,11,15,17H,6,10,12H2. The van der Waals surface area contributed by atoms with E-state index in [9.17, 15) is 5.11 Å². The molecule has 94 valence electrons. The van der Waals surface area contributed by atoms with Gasteiger partial charge < -0.3 is 9.84 Å². The van der Waals surface area contributed by atoms with Gasteiger partial charge in [-0.3, -0.25) is 4.98 Å². The van der Waals surface area contributed by atoms with Crippen molar-refractivity contribution < 1.29 is 9.84 Å². The lowest BCUT2D eigenvalue weighted by Gasteiger charge is -2.10. The van der Waals surface area contributed by atoms with E-state index < -0.39 is 6.10 Å². The first-order valence-corrected chi connectivity index (χ1v) is 6.13.